The largest absolute Gasteiger partial charge is 0.370 e. The Morgan fingerprint density at radius 2 is 2.10 bits per heavy atom. The number of fused-ring (bicyclic) bond motifs is 1. The second-order valence-electron chi connectivity index (χ2n) is 5.90. The fourth-order valence-corrected chi connectivity index (χ4v) is 3.08. The molecular weight excluding hydrogens is 258 g/mol. The number of rotatable bonds is 4. The third kappa shape index (κ3) is 3.18. The van der Waals surface area contributed by atoms with Crippen LogP contribution in [-0.2, 0) is 13.0 Å². The van der Waals surface area contributed by atoms with Gasteiger partial charge in [0, 0.05) is 31.5 Å². The van der Waals surface area contributed by atoms with Crippen LogP contribution in [0.2, 0.25) is 0 Å². The lowest BCUT2D eigenvalue weighted by molar-refractivity contribution is 0.530. The van der Waals surface area contributed by atoms with Crippen molar-refractivity contribution in [1.29, 1.82) is 0 Å². The van der Waals surface area contributed by atoms with Crippen LogP contribution in [0.5, 0.6) is 0 Å². The van der Waals surface area contributed by atoms with E-state index < -0.39 is 0 Å². The molecule has 3 nitrogen and oxygen atoms in total. The second-order valence-corrected chi connectivity index (χ2v) is 5.90. The SMILES string of the molecule is CCNc1ccc(CN2CC(C)Cc3ccccc32)cn1. The predicted octanol–water partition coefficient (Wildman–Crippen LogP) is 3.71. The van der Waals surface area contributed by atoms with Gasteiger partial charge in [0.1, 0.15) is 5.82 Å². The summed E-state index contributed by atoms with van der Waals surface area (Å²) < 4.78 is 0. The average Bonchev–Trinajstić information content (AvgIpc) is 2.49. The monoisotopic (exact) mass is 281 g/mol. The number of aromatic nitrogens is 1. The van der Waals surface area contributed by atoms with Crippen LogP contribution >= 0.6 is 0 Å². The second kappa shape index (κ2) is 6.17. The fraction of sp³-hybridized carbons (Fsp3) is 0.389. The highest BCUT2D eigenvalue weighted by Crippen LogP contribution is 2.30. The number of para-hydroxylation sites is 1. The molecule has 0 saturated carbocycles. The van der Waals surface area contributed by atoms with Crippen molar-refractivity contribution >= 4 is 11.5 Å². The summed E-state index contributed by atoms with van der Waals surface area (Å²) in [7, 11) is 0. The number of anilines is 2. The lowest BCUT2D eigenvalue weighted by Gasteiger charge is -2.34. The van der Waals surface area contributed by atoms with E-state index in [-0.39, 0.29) is 0 Å². The van der Waals surface area contributed by atoms with E-state index in [0.717, 1.165) is 25.5 Å². The Morgan fingerprint density at radius 1 is 1.24 bits per heavy atom. The van der Waals surface area contributed by atoms with Crippen molar-refractivity contribution in [2.24, 2.45) is 5.92 Å². The summed E-state index contributed by atoms with van der Waals surface area (Å²) in [5, 5.41) is 3.24. The van der Waals surface area contributed by atoms with Crippen molar-refractivity contribution < 1.29 is 0 Å². The van der Waals surface area contributed by atoms with Gasteiger partial charge in [0.05, 0.1) is 0 Å². The molecule has 3 rings (SSSR count). The molecule has 0 spiro atoms. The summed E-state index contributed by atoms with van der Waals surface area (Å²) >= 11 is 0. The number of nitrogens with zero attached hydrogens (tertiary/aromatic N) is 2. The molecule has 1 aromatic carbocycles. The molecule has 0 aliphatic carbocycles. The number of hydrogen-bond acceptors (Lipinski definition) is 3. The molecule has 1 unspecified atom stereocenters. The van der Waals surface area contributed by atoms with Gasteiger partial charge in [0.15, 0.2) is 0 Å². The minimum absolute atomic E-state index is 0.703. The van der Waals surface area contributed by atoms with Gasteiger partial charge in [-0.25, -0.2) is 4.98 Å². The standard InChI is InChI=1S/C18H23N3/c1-3-19-18-9-8-15(11-20-18)13-21-12-14(2)10-16-6-4-5-7-17(16)21/h4-9,11,14H,3,10,12-13H2,1-2H3,(H,19,20). The summed E-state index contributed by atoms with van der Waals surface area (Å²) in [5.74, 6) is 1.66. The molecule has 0 amide bonds. The van der Waals surface area contributed by atoms with Gasteiger partial charge in [0.25, 0.3) is 0 Å². The van der Waals surface area contributed by atoms with E-state index in [0.29, 0.717) is 5.92 Å². The van der Waals surface area contributed by atoms with Crippen LogP contribution < -0.4 is 10.2 Å². The Hall–Kier alpha value is -2.03. The van der Waals surface area contributed by atoms with E-state index in [1.54, 1.807) is 0 Å². The molecule has 2 heterocycles. The summed E-state index contributed by atoms with van der Waals surface area (Å²) in [6.45, 7) is 7.37. The molecule has 110 valence electrons. The molecule has 0 bridgehead atoms. The maximum Gasteiger partial charge on any atom is 0.125 e. The lowest BCUT2D eigenvalue weighted by atomic mass is 9.93. The Labute approximate surface area is 127 Å². The minimum Gasteiger partial charge on any atom is -0.370 e. The quantitative estimate of drug-likeness (QED) is 0.926. The molecule has 1 atom stereocenters. The van der Waals surface area contributed by atoms with E-state index >= 15 is 0 Å². The Kier molecular flexibility index (Phi) is 4.09. The highest BCUT2D eigenvalue weighted by atomic mass is 15.1. The Morgan fingerprint density at radius 3 is 2.86 bits per heavy atom. The first kappa shape index (κ1) is 13.9. The fourth-order valence-electron chi connectivity index (χ4n) is 3.08. The van der Waals surface area contributed by atoms with Crippen molar-refractivity contribution in [2.45, 2.75) is 26.8 Å². The highest BCUT2D eigenvalue weighted by Gasteiger charge is 2.21. The zero-order valence-electron chi connectivity index (χ0n) is 12.8. The van der Waals surface area contributed by atoms with E-state index in [9.17, 15) is 0 Å². The molecule has 1 aliphatic heterocycles. The number of pyridine rings is 1. The van der Waals surface area contributed by atoms with Crippen LogP contribution in [0.3, 0.4) is 0 Å². The van der Waals surface area contributed by atoms with Crippen molar-refractivity contribution in [3.05, 3.63) is 53.7 Å². The lowest BCUT2D eigenvalue weighted by Crippen LogP contribution is -2.33. The maximum atomic E-state index is 4.47. The third-order valence-electron chi connectivity index (χ3n) is 3.99. The van der Waals surface area contributed by atoms with Crippen LogP contribution in [0.4, 0.5) is 11.5 Å². The Bertz CT molecular complexity index is 592. The van der Waals surface area contributed by atoms with Gasteiger partial charge in [-0.3, -0.25) is 0 Å². The van der Waals surface area contributed by atoms with E-state index in [1.807, 2.05) is 6.20 Å². The number of nitrogens with one attached hydrogen (secondary N) is 1. The van der Waals surface area contributed by atoms with Crippen LogP contribution in [0, 0.1) is 5.92 Å². The first-order valence-corrected chi connectivity index (χ1v) is 7.78. The summed E-state index contributed by atoms with van der Waals surface area (Å²) in [5.41, 5.74) is 4.11. The van der Waals surface area contributed by atoms with E-state index in [2.05, 4.69) is 65.4 Å². The van der Waals surface area contributed by atoms with Crippen molar-refractivity contribution in [1.82, 2.24) is 4.98 Å². The van der Waals surface area contributed by atoms with Crippen LogP contribution in [0.1, 0.15) is 25.0 Å². The first-order chi connectivity index (χ1) is 10.3. The van der Waals surface area contributed by atoms with E-state index in [1.165, 1.54) is 23.2 Å². The summed E-state index contributed by atoms with van der Waals surface area (Å²) in [4.78, 5) is 6.95. The molecule has 2 aromatic rings. The van der Waals surface area contributed by atoms with Crippen molar-refractivity contribution in [3.63, 3.8) is 0 Å². The molecular formula is C18H23N3. The van der Waals surface area contributed by atoms with Crippen LogP contribution in [0.25, 0.3) is 0 Å². The summed E-state index contributed by atoms with van der Waals surface area (Å²) in [6.07, 6.45) is 3.17. The normalized spacial score (nSPS) is 17.4. The van der Waals surface area contributed by atoms with Gasteiger partial charge in [-0.2, -0.15) is 0 Å². The topological polar surface area (TPSA) is 28.2 Å². The predicted molar refractivity (Wildman–Crippen MR) is 88.8 cm³/mol. The molecule has 1 N–H and O–H groups in total. The van der Waals surface area contributed by atoms with E-state index in [4.69, 9.17) is 0 Å². The number of benzene rings is 1. The third-order valence-corrected chi connectivity index (χ3v) is 3.99. The van der Waals surface area contributed by atoms with Gasteiger partial charge in [-0.15, -0.1) is 0 Å². The van der Waals surface area contributed by atoms with Gasteiger partial charge in [-0.1, -0.05) is 31.2 Å². The van der Waals surface area contributed by atoms with Gasteiger partial charge in [-0.05, 0) is 42.5 Å². The smallest absolute Gasteiger partial charge is 0.125 e. The summed E-state index contributed by atoms with van der Waals surface area (Å²) in [6, 6.07) is 13.0. The molecule has 21 heavy (non-hydrogen) atoms. The highest BCUT2D eigenvalue weighted by molar-refractivity contribution is 5.56. The first-order valence-electron chi connectivity index (χ1n) is 7.78. The van der Waals surface area contributed by atoms with Gasteiger partial charge >= 0.3 is 0 Å². The average molecular weight is 281 g/mol. The van der Waals surface area contributed by atoms with Crippen LogP contribution in [0.15, 0.2) is 42.6 Å². The zero-order valence-corrected chi connectivity index (χ0v) is 12.8. The van der Waals surface area contributed by atoms with Gasteiger partial charge < -0.3 is 10.2 Å². The van der Waals surface area contributed by atoms with Crippen molar-refractivity contribution in [2.75, 3.05) is 23.3 Å². The molecule has 0 fully saturated rings. The molecule has 1 aromatic heterocycles. The minimum atomic E-state index is 0.703. The van der Waals surface area contributed by atoms with Gasteiger partial charge in [0.2, 0.25) is 0 Å². The Balaban J connectivity index is 1.78. The van der Waals surface area contributed by atoms with Crippen molar-refractivity contribution in [3.8, 4) is 0 Å². The number of hydrogen-bond donors (Lipinski definition) is 1. The van der Waals surface area contributed by atoms with Crippen LogP contribution in [-0.4, -0.2) is 18.1 Å². The molecule has 3 heteroatoms. The molecule has 0 radical (unpaired) electrons. The zero-order chi connectivity index (χ0) is 14.7. The molecule has 0 saturated heterocycles. The maximum absolute atomic E-state index is 4.47. The molecule has 1 aliphatic rings.